The van der Waals surface area contributed by atoms with Gasteiger partial charge in [0.15, 0.2) is 5.78 Å². The first-order chi connectivity index (χ1) is 11.5. The van der Waals surface area contributed by atoms with Crippen molar-refractivity contribution in [2.24, 2.45) is 0 Å². The monoisotopic (exact) mass is 389 g/mol. The van der Waals surface area contributed by atoms with Crippen molar-refractivity contribution in [1.82, 2.24) is 0 Å². The molecule has 0 saturated heterocycles. The largest absolute Gasteiger partial charge is 0.299 e. The molecule has 0 heterocycles. The summed E-state index contributed by atoms with van der Waals surface area (Å²) in [6.45, 7) is -0.353. The van der Waals surface area contributed by atoms with E-state index in [4.69, 9.17) is 0 Å². The summed E-state index contributed by atoms with van der Waals surface area (Å²) in [6, 6.07) is 15.7. The molecule has 2 aromatic carbocycles. The third kappa shape index (κ3) is 5.09. The molecule has 124 valence electrons. The standard InChI is InChI=1S/C18H16BrNO4/c19-17-9-5-4-8-16(17)14(12-20(23)24)10-15(21)11-18(22)13-6-2-1-3-7-13/h1-9,14H,10-12H2/t14-/m0/s1. The van der Waals surface area contributed by atoms with E-state index in [0.29, 0.717) is 11.1 Å². The minimum absolute atomic E-state index is 0.0395. The Kier molecular flexibility index (Phi) is 6.37. The Labute approximate surface area is 148 Å². The van der Waals surface area contributed by atoms with E-state index in [9.17, 15) is 19.7 Å². The van der Waals surface area contributed by atoms with Crippen LogP contribution in [-0.4, -0.2) is 23.0 Å². The van der Waals surface area contributed by atoms with Gasteiger partial charge in [0, 0.05) is 21.4 Å². The Balaban J connectivity index is 2.09. The van der Waals surface area contributed by atoms with E-state index in [0.717, 1.165) is 4.47 Å². The molecule has 0 aliphatic heterocycles. The van der Waals surface area contributed by atoms with E-state index in [1.54, 1.807) is 54.6 Å². The molecule has 0 bridgehead atoms. The molecule has 0 amide bonds. The Bertz CT molecular complexity index is 746. The number of carbonyl (C=O) groups excluding carboxylic acids is 2. The van der Waals surface area contributed by atoms with E-state index in [1.165, 1.54) is 0 Å². The smallest absolute Gasteiger partial charge is 0.211 e. The van der Waals surface area contributed by atoms with Gasteiger partial charge in [-0.15, -0.1) is 0 Å². The minimum atomic E-state index is -0.563. The molecule has 6 heteroatoms. The third-order valence-corrected chi connectivity index (χ3v) is 4.36. The first-order valence-corrected chi connectivity index (χ1v) is 8.23. The van der Waals surface area contributed by atoms with Gasteiger partial charge < -0.3 is 0 Å². The van der Waals surface area contributed by atoms with Gasteiger partial charge in [-0.3, -0.25) is 19.7 Å². The van der Waals surface area contributed by atoms with Crippen LogP contribution in [-0.2, 0) is 4.79 Å². The number of carbonyl (C=O) groups is 2. The molecule has 0 saturated carbocycles. The van der Waals surface area contributed by atoms with Gasteiger partial charge in [-0.25, -0.2) is 0 Å². The van der Waals surface area contributed by atoms with Crippen molar-refractivity contribution in [3.63, 3.8) is 0 Å². The van der Waals surface area contributed by atoms with Crippen LogP contribution in [0.1, 0.15) is 34.7 Å². The van der Waals surface area contributed by atoms with Crippen molar-refractivity contribution in [1.29, 1.82) is 0 Å². The van der Waals surface area contributed by atoms with Crippen molar-refractivity contribution in [2.75, 3.05) is 6.54 Å². The minimum Gasteiger partial charge on any atom is -0.299 e. The zero-order chi connectivity index (χ0) is 17.5. The van der Waals surface area contributed by atoms with Crippen molar-refractivity contribution in [3.8, 4) is 0 Å². The van der Waals surface area contributed by atoms with Gasteiger partial charge >= 0.3 is 0 Å². The lowest BCUT2D eigenvalue weighted by Gasteiger charge is -2.14. The number of nitrogens with zero attached hydrogens (tertiary/aromatic N) is 1. The third-order valence-electron chi connectivity index (χ3n) is 3.64. The van der Waals surface area contributed by atoms with Crippen LogP contribution < -0.4 is 0 Å². The first kappa shape index (κ1) is 18.0. The van der Waals surface area contributed by atoms with E-state index in [1.807, 2.05) is 0 Å². The normalized spacial score (nSPS) is 11.7. The summed E-state index contributed by atoms with van der Waals surface area (Å²) in [4.78, 5) is 34.8. The predicted molar refractivity (Wildman–Crippen MR) is 93.8 cm³/mol. The summed E-state index contributed by atoms with van der Waals surface area (Å²) in [6.07, 6.45) is -0.287. The van der Waals surface area contributed by atoms with Gasteiger partial charge in [0.25, 0.3) is 0 Å². The lowest BCUT2D eigenvalue weighted by Crippen LogP contribution is -2.18. The summed E-state index contributed by atoms with van der Waals surface area (Å²) in [7, 11) is 0. The summed E-state index contributed by atoms with van der Waals surface area (Å²) in [5, 5.41) is 10.9. The molecular formula is C18H16BrNO4. The maximum Gasteiger partial charge on any atom is 0.211 e. The number of Topliss-reactive ketones (excluding diaryl/α,β-unsaturated/α-hetero) is 2. The molecule has 0 N–H and O–H groups in total. The van der Waals surface area contributed by atoms with Crippen LogP contribution in [0.25, 0.3) is 0 Å². The Morgan fingerprint density at radius 2 is 1.67 bits per heavy atom. The van der Waals surface area contributed by atoms with Crippen molar-refractivity contribution in [3.05, 3.63) is 80.3 Å². The molecule has 0 aromatic heterocycles. The lowest BCUT2D eigenvalue weighted by molar-refractivity contribution is -0.483. The fourth-order valence-corrected chi connectivity index (χ4v) is 3.12. The number of rotatable bonds is 8. The molecule has 0 unspecified atom stereocenters. The molecule has 0 aliphatic carbocycles. The Morgan fingerprint density at radius 3 is 2.29 bits per heavy atom. The van der Waals surface area contributed by atoms with E-state index in [2.05, 4.69) is 15.9 Å². The highest BCUT2D eigenvalue weighted by Gasteiger charge is 2.24. The Morgan fingerprint density at radius 1 is 1.04 bits per heavy atom. The molecule has 24 heavy (non-hydrogen) atoms. The average Bonchev–Trinajstić information content (AvgIpc) is 2.55. The highest BCUT2D eigenvalue weighted by molar-refractivity contribution is 9.10. The second-order valence-electron chi connectivity index (χ2n) is 5.44. The molecular weight excluding hydrogens is 374 g/mol. The molecule has 2 rings (SSSR count). The second kappa shape index (κ2) is 8.49. The van der Waals surface area contributed by atoms with Crippen LogP contribution in [0, 0.1) is 10.1 Å². The zero-order valence-electron chi connectivity index (χ0n) is 12.9. The summed E-state index contributed by atoms with van der Waals surface area (Å²) in [5.74, 6) is -1.13. The number of benzene rings is 2. The van der Waals surface area contributed by atoms with Crippen LogP contribution in [0.15, 0.2) is 59.1 Å². The molecule has 1 atom stereocenters. The fourth-order valence-electron chi connectivity index (χ4n) is 2.51. The topological polar surface area (TPSA) is 77.3 Å². The maximum absolute atomic E-state index is 12.2. The molecule has 0 fully saturated rings. The predicted octanol–water partition coefficient (Wildman–Crippen LogP) is 4.04. The highest BCUT2D eigenvalue weighted by Crippen LogP contribution is 2.28. The van der Waals surface area contributed by atoms with Crippen LogP contribution in [0.2, 0.25) is 0 Å². The van der Waals surface area contributed by atoms with Crippen molar-refractivity contribution < 1.29 is 14.5 Å². The van der Waals surface area contributed by atoms with Gasteiger partial charge in [-0.05, 0) is 11.6 Å². The molecule has 0 spiro atoms. The van der Waals surface area contributed by atoms with Gasteiger partial charge in [0.05, 0.1) is 12.3 Å². The van der Waals surface area contributed by atoms with E-state index < -0.39 is 10.8 Å². The summed E-state index contributed by atoms with van der Waals surface area (Å²) < 4.78 is 0.721. The first-order valence-electron chi connectivity index (χ1n) is 7.43. The van der Waals surface area contributed by atoms with Crippen LogP contribution in [0.4, 0.5) is 0 Å². The van der Waals surface area contributed by atoms with Gasteiger partial charge in [-0.2, -0.15) is 0 Å². The fraction of sp³-hybridized carbons (Fsp3) is 0.222. The van der Waals surface area contributed by atoms with Gasteiger partial charge in [-0.1, -0.05) is 64.5 Å². The van der Waals surface area contributed by atoms with Crippen molar-refractivity contribution in [2.45, 2.75) is 18.8 Å². The quantitative estimate of drug-likeness (QED) is 0.295. The summed E-state index contributed by atoms with van der Waals surface area (Å²) >= 11 is 3.36. The van der Waals surface area contributed by atoms with Crippen LogP contribution in [0.5, 0.6) is 0 Å². The Hall–Kier alpha value is -2.34. The lowest BCUT2D eigenvalue weighted by atomic mass is 9.91. The van der Waals surface area contributed by atoms with Gasteiger partial charge in [0.1, 0.15) is 5.78 Å². The number of hydrogen-bond donors (Lipinski definition) is 0. The molecule has 0 radical (unpaired) electrons. The summed E-state index contributed by atoms with van der Waals surface area (Å²) in [5.41, 5.74) is 1.17. The number of hydrogen-bond acceptors (Lipinski definition) is 4. The number of nitro groups is 1. The molecule has 5 nitrogen and oxygen atoms in total. The molecule has 2 aromatic rings. The average molecular weight is 390 g/mol. The maximum atomic E-state index is 12.2. The van der Waals surface area contributed by atoms with Crippen LogP contribution >= 0.6 is 15.9 Å². The SMILES string of the molecule is O=C(CC(=O)c1ccccc1)C[C@@H](C[N+](=O)[O-])c1ccccc1Br. The zero-order valence-corrected chi connectivity index (χ0v) is 14.4. The van der Waals surface area contributed by atoms with Crippen molar-refractivity contribution >= 4 is 27.5 Å². The highest BCUT2D eigenvalue weighted by atomic mass is 79.9. The molecule has 0 aliphatic rings. The number of ketones is 2. The number of halogens is 1. The van der Waals surface area contributed by atoms with Gasteiger partial charge in [0.2, 0.25) is 6.54 Å². The van der Waals surface area contributed by atoms with Crippen LogP contribution in [0.3, 0.4) is 0 Å². The van der Waals surface area contributed by atoms with E-state index >= 15 is 0 Å². The second-order valence-corrected chi connectivity index (χ2v) is 6.30. The van der Waals surface area contributed by atoms with E-state index in [-0.39, 0.29) is 31.0 Å².